The van der Waals surface area contributed by atoms with Crippen LogP contribution >= 0.6 is 12.4 Å². The first-order valence-electron chi connectivity index (χ1n) is 6.83. The lowest BCUT2D eigenvalue weighted by molar-refractivity contribution is -0.142. The number of pyridine rings is 1. The minimum Gasteiger partial charge on any atom is -0.480 e. The number of hydrogen-bond donors (Lipinski definition) is 2. The molecule has 2 aromatic heterocycles. The summed E-state index contributed by atoms with van der Waals surface area (Å²) in [7, 11) is 0. The number of halogens is 1. The van der Waals surface area contributed by atoms with Gasteiger partial charge in [-0.2, -0.15) is 0 Å². The fraction of sp³-hybridized carbons (Fsp3) is 0.333. The molecule has 0 aliphatic heterocycles. The summed E-state index contributed by atoms with van der Waals surface area (Å²) in [6.07, 6.45) is 3.06. The van der Waals surface area contributed by atoms with Crippen molar-refractivity contribution in [2.75, 3.05) is 0 Å². The minimum atomic E-state index is -1.23. The van der Waals surface area contributed by atoms with Crippen molar-refractivity contribution in [1.82, 2.24) is 14.5 Å². The van der Waals surface area contributed by atoms with Crippen LogP contribution in [0.15, 0.2) is 34.1 Å². The van der Waals surface area contributed by atoms with Crippen molar-refractivity contribution in [2.45, 2.75) is 26.8 Å². The second kappa shape index (κ2) is 7.23. The summed E-state index contributed by atoms with van der Waals surface area (Å²) in [6.45, 7) is 4.89. The molecule has 0 saturated carbocycles. The highest BCUT2D eigenvalue weighted by molar-refractivity contribution is 5.85. The van der Waals surface area contributed by atoms with Crippen LogP contribution in [0.1, 0.15) is 25.6 Å². The highest BCUT2D eigenvalue weighted by atomic mass is 35.5. The monoisotopic (exact) mass is 339 g/mol. The first kappa shape index (κ1) is 18.6. The average Bonchev–Trinajstić information content (AvgIpc) is 2.43. The van der Waals surface area contributed by atoms with Crippen LogP contribution in [0.5, 0.6) is 0 Å². The van der Waals surface area contributed by atoms with Gasteiger partial charge < -0.3 is 10.1 Å². The number of aromatic amines is 1. The first-order valence-corrected chi connectivity index (χ1v) is 6.83. The number of nitrogens with one attached hydrogen (secondary N) is 1. The van der Waals surface area contributed by atoms with E-state index >= 15 is 0 Å². The molecule has 0 amide bonds. The summed E-state index contributed by atoms with van der Waals surface area (Å²) in [4.78, 5) is 42.8. The smallest absolute Gasteiger partial charge is 0.329 e. The summed E-state index contributed by atoms with van der Waals surface area (Å²) in [5, 5.41) is 9.35. The van der Waals surface area contributed by atoms with E-state index in [1.165, 1.54) is 6.20 Å². The largest absolute Gasteiger partial charge is 0.480 e. The number of aryl methyl sites for hydroxylation is 1. The topological polar surface area (TPSA) is 105 Å². The van der Waals surface area contributed by atoms with E-state index in [1.807, 2.05) is 0 Å². The molecule has 0 saturated heterocycles. The van der Waals surface area contributed by atoms with Crippen molar-refractivity contribution < 1.29 is 9.90 Å². The Balaban J connectivity index is 0.00000264. The third-order valence-electron chi connectivity index (χ3n) is 3.43. The lowest BCUT2D eigenvalue weighted by Gasteiger charge is -2.19. The maximum atomic E-state index is 12.7. The Morgan fingerprint density at radius 2 is 2.00 bits per heavy atom. The van der Waals surface area contributed by atoms with E-state index in [0.717, 1.165) is 4.57 Å². The Morgan fingerprint density at radius 3 is 2.48 bits per heavy atom. The third kappa shape index (κ3) is 3.50. The molecule has 0 aliphatic rings. The lowest BCUT2D eigenvalue weighted by Crippen LogP contribution is -2.44. The third-order valence-corrected chi connectivity index (χ3v) is 3.43. The fourth-order valence-corrected chi connectivity index (χ4v) is 2.45. The molecular weight excluding hydrogens is 322 g/mol. The number of nitrogens with zero attached hydrogens (tertiary/aromatic N) is 2. The zero-order chi connectivity index (χ0) is 16.4. The normalized spacial score (nSPS) is 11.8. The molecule has 0 spiro atoms. The Kier molecular flexibility index (Phi) is 5.86. The minimum absolute atomic E-state index is 0. The molecule has 1 atom stereocenters. The van der Waals surface area contributed by atoms with Gasteiger partial charge in [-0.3, -0.25) is 9.78 Å². The van der Waals surface area contributed by atoms with Gasteiger partial charge in [0.1, 0.15) is 6.04 Å². The molecule has 0 fully saturated rings. The molecule has 2 aromatic rings. The molecule has 8 heteroatoms. The van der Waals surface area contributed by atoms with Gasteiger partial charge in [-0.1, -0.05) is 19.9 Å². The van der Waals surface area contributed by atoms with Crippen molar-refractivity contribution in [1.29, 1.82) is 0 Å². The van der Waals surface area contributed by atoms with E-state index in [1.54, 1.807) is 39.1 Å². The molecule has 23 heavy (non-hydrogen) atoms. The van der Waals surface area contributed by atoms with Crippen LogP contribution in [0.3, 0.4) is 0 Å². The van der Waals surface area contributed by atoms with Gasteiger partial charge >= 0.3 is 11.7 Å². The van der Waals surface area contributed by atoms with Gasteiger partial charge in [0.05, 0.1) is 5.56 Å². The number of carbonyl (C=O) groups is 1. The maximum absolute atomic E-state index is 12.7. The van der Waals surface area contributed by atoms with E-state index in [0.29, 0.717) is 11.3 Å². The molecule has 124 valence electrons. The molecule has 0 bridgehead atoms. The molecular formula is C15H18ClN3O4. The summed E-state index contributed by atoms with van der Waals surface area (Å²) in [5.74, 6) is -1.63. The summed E-state index contributed by atoms with van der Waals surface area (Å²) in [5.41, 5.74) is -0.193. The number of H-pyrrole nitrogens is 1. The Morgan fingerprint density at radius 1 is 1.35 bits per heavy atom. The standard InChI is InChI=1S/C15H17N3O4.ClH/c1-8(2)12(14(20)21)18-13(19)11(9(3)17-15(18)22)10-5-4-6-16-7-10;/h4-8,12H,1-3H3,(H,17,22)(H,20,21);1H/t12-;/m0./s1. The van der Waals surface area contributed by atoms with Gasteiger partial charge in [-0.05, 0) is 18.9 Å². The second-order valence-corrected chi connectivity index (χ2v) is 5.37. The highest BCUT2D eigenvalue weighted by Gasteiger charge is 2.28. The van der Waals surface area contributed by atoms with Crippen molar-refractivity contribution in [3.05, 3.63) is 51.1 Å². The summed E-state index contributed by atoms with van der Waals surface area (Å²) < 4.78 is 0.766. The van der Waals surface area contributed by atoms with Crippen LogP contribution in [0, 0.1) is 12.8 Å². The van der Waals surface area contributed by atoms with Gasteiger partial charge in [0.15, 0.2) is 0 Å². The second-order valence-electron chi connectivity index (χ2n) is 5.37. The zero-order valence-corrected chi connectivity index (χ0v) is 13.8. The molecule has 2 N–H and O–H groups in total. The predicted octanol–water partition coefficient (Wildman–Crippen LogP) is 1.61. The molecule has 0 radical (unpaired) electrons. The van der Waals surface area contributed by atoms with Crippen molar-refractivity contribution in [3.63, 3.8) is 0 Å². The van der Waals surface area contributed by atoms with Gasteiger partial charge in [0.2, 0.25) is 0 Å². The van der Waals surface area contributed by atoms with Crippen LogP contribution in [-0.2, 0) is 4.79 Å². The van der Waals surface area contributed by atoms with Gasteiger partial charge in [-0.15, -0.1) is 12.4 Å². The van der Waals surface area contributed by atoms with Gasteiger partial charge in [-0.25, -0.2) is 14.2 Å². The Bertz CT molecular complexity index is 812. The lowest BCUT2D eigenvalue weighted by atomic mass is 10.0. The van der Waals surface area contributed by atoms with E-state index in [4.69, 9.17) is 0 Å². The van der Waals surface area contributed by atoms with Crippen LogP contribution < -0.4 is 11.2 Å². The number of hydrogen-bond acceptors (Lipinski definition) is 4. The van der Waals surface area contributed by atoms with E-state index in [2.05, 4.69) is 9.97 Å². The number of aromatic nitrogens is 3. The number of carboxylic acid groups (broad SMARTS) is 1. The SMILES string of the molecule is Cc1[nH]c(=O)n([C@H](C(=O)O)C(C)C)c(=O)c1-c1cccnc1.Cl. The molecule has 2 heterocycles. The Labute approximate surface area is 138 Å². The van der Waals surface area contributed by atoms with Crippen molar-refractivity contribution in [3.8, 4) is 11.1 Å². The van der Waals surface area contributed by atoms with Crippen LogP contribution in [0.4, 0.5) is 0 Å². The average molecular weight is 340 g/mol. The first-order chi connectivity index (χ1) is 10.3. The van der Waals surface area contributed by atoms with Crippen molar-refractivity contribution in [2.24, 2.45) is 5.92 Å². The van der Waals surface area contributed by atoms with Crippen LogP contribution in [0.25, 0.3) is 11.1 Å². The number of carboxylic acids is 1. The van der Waals surface area contributed by atoms with E-state index < -0.39 is 29.2 Å². The predicted molar refractivity (Wildman–Crippen MR) is 88.0 cm³/mol. The molecule has 7 nitrogen and oxygen atoms in total. The van der Waals surface area contributed by atoms with Crippen LogP contribution in [-0.4, -0.2) is 25.6 Å². The molecule has 0 aliphatic carbocycles. The maximum Gasteiger partial charge on any atom is 0.329 e. The highest BCUT2D eigenvalue weighted by Crippen LogP contribution is 2.19. The molecule has 0 unspecified atom stereocenters. The fourth-order valence-electron chi connectivity index (χ4n) is 2.45. The van der Waals surface area contributed by atoms with Gasteiger partial charge in [0, 0.05) is 23.7 Å². The Hall–Kier alpha value is -2.41. The number of aliphatic carboxylic acids is 1. The van der Waals surface area contributed by atoms with Crippen molar-refractivity contribution >= 4 is 18.4 Å². The summed E-state index contributed by atoms with van der Waals surface area (Å²) in [6, 6.07) is 2.12. The van der Waals surface area contributed by atoms with Gasteiger partial charge in [0.25, 0.3) is 5.56 Å². The quantitative estimate of drug-likeness (QED) is 0.880. The number of rotatable bonds is 4. The van der Waals surface area contributed by atoms with E-state index in [-0.39, 0.29) is 18.0 Å². The molecule has 0 aromatic carbocycles. The van der Waals surface area contributed by atoms with E-state index in [9.17, 15) is 19.5 Å². The van der Waals surface area contributed by atoms with Crippen LogP contribution in [0.2, 0.25) is 0 Å². The zero-order valence-electron chi connectivity index (χ0n) is 12.9. The molecule has 2 rings (SSSR count). The summed E-state index contributed by atoms with van der Waals surface area (Å²) >= 11 is 0.